The summed E-state index contributed by atoms with van der Waals surface area (Å²) < 4.78 is 15.3. The van der Waals surface area contributed by atoms with Gasteiger partial charge in [-0.05, 0) is 54.8 Å². The maximum Gasteiger partial charge on any atom is 0.352 e. The molecule has 0 saturated carbocycles. The Morgan fingerprint density at radius 2 is 1.71 bits per heavy atom. The Bertz CT molecular complexity index is 1440. The first-order valence-electron chi connectivity index (χ1n) is 10.7. The highest BCUT2D eigenvalue weighted by Gasteiger charge is 2.22. The van der Waals surface area contributed by atoms with Gasteiger partial charge in [0.1, 0.15) is 5.82 Å². The number of nitrogens with one attached hydrogen (secondary N) is 1. The van der Waals surface area contributed by atoms with Crippen LogP contribution in [0.2, 0.25) is 0 Å². The Morgan fingerprint density at radius 3 is 2.38 bits per heavy atom. The fourth-order valence-corrected chi connectivity index (χ4v) is 3.59. The number of halogens is 1. The van der Waals surface area contributed by atoms with Gasteiger partial charge in [-0.3, -0.25) is 14.2 Å². The predicted molar refractivity (Wildman–Crippen MR) is 127 cm³/mol. The Hall–Kier alpha value is -4.33. The molecule has 1 atom stereocenters. The van der Waals surface area contributed by atoms with E-state index in [-0.39, 0.29) is 12.6 Å². The molecule has 4 aromatic rings. The molecular weight excluding hydrogens is 435 g/mol. The number of rotatable bonds is 6. The zero-order valence-electron chi connectivity index (χ0n) is 18.7. The van der Waals surface area contributed by atoms with E-state index in [4.69, 9.17) is 0 Å². The Labute approximate surface area is 195 Å². The molecule has 1 amide bonds. The van der Waals surface area contributed by atoms with Crippen LogP contribution in [0.5, 0.6) is 0 Å². The van der Waals surface area contributed by atoms with Gasteiger partial charge in [0.25, 0.3) is 11.5 Å². The second-order valence-corrected chi connectivity index (χ2v) is 8.01. The topological polar surface area (TPSA) is 86.0 Å². The summed E-state index contributed by atoms with van der Waals surface area (Å²) >= 11 is 0. The van der Waals surface area contributed by atoms with Crippen LogP contribution in [0.4, 0.5) is 4.39 Å². The van der Waals surface area contributed by atoms with Gasteiger partial charge in [-0.1, -0.05) is 54.6 Å². The number of carbonyl (C=O) groups is 1. The molecule has 7 nitrogen and oxygen atoms in total. The van der Waals surface area contributed by atoms with Crippen LogP contribution in [0, 0.1) is 12.7 Å². The first-order chi connectivity index (χ1) is 16.3. The van der Waals surface area contributed by atoms with Gasteiger partial charge in [-0.15, -0.1) is 0 Å². The van der Waals surface area contributed by atoms with Crippen molar-refractivity contribution in [2.75, 3.05) is 0 Å². The minimum Gasteiger partial charge on any atom is -0.344 e. The molecule has 0 aliphatic heterocycles. The van der Waals surface area contributed by atoms with Crippen molar-refractivity contribution in [2.24, 2.45) is 0 Å². The van der Waals surface area contributed by atoms with Crippen LogP contribution >= 0.6 is 0 Å². The van der Waals surface area contributed by atoms with Gasteiger partial charge in [0.15, 0.2) is 0 Å². The lowest BCUT2D eigenvalue weighted by Gasteiger charge is -2.16. The SMILES string of the molecule is Cc1cccc(-n2nc(C(=O)NC(C)c3ccccc3)c(=O)n(Cc3ccc(F)cc3)c2=O)c1. The number of hydrogen-bond acceptors (Lipinski definition) is 4. The van der Waals surface area contributed by atoms with E-state index in [1.807, 2.05) is 43.3 Å². The largest absolute Gasteiger partial charge is 0.352 e. The minimum absolute atomic E-state index is 0.138. The van der Waals surface area contributed by atoms with E-state index >= 15 is 0 Å². The molecule has 0 radical (unpaired) electrons. The third-order valence-electron chi connectivity index (χ3n) is 5.42. The molecule has 1 heterocycles. The van der Waals surface area contributed by atoms with Gasteiger partial charge >= 0.3 is 5.69 Å². The van der Waals surface area contributed by atoms with Gasteiger partial charge in [-0.25, -0.2) is 9.18 Å². The van der Waals surface area contributed by atoms with E-state index in [9.17, 15) is 18.8 Å². The first kappa shape index (κ1) is 22.8. The number of benzene rings is 3. The van der Waals surface area contributed by atoms with Crippen molar-refractivity contribution in [1.29, 1.82) is 0 Å². The molecule has 3 aromatic carbocycles. The highest BCUT2D eigenvalue weighted by Crippen LogP contribution is 2.12. The van der Waals surface area contributed by atoms with Crippen molar-refractivity contribution in [2.45, 2.75) is 26.4 Å². The summed E-state index contributed by atoms with van der Waals surface area (Å²) in [5.41, 5.74) is 0.755. The average Bonchev–Trinajstić information content (AvgIpc) is 2.83. The molecule has 1 N–H and O–H groups in total. The summed E-state index contributed by atoms with van der Waals surface area (Å²) in [5.74, 6) is -1.13. The van der Waals surface area contributed by atoms with Crippen LogP contribution in [-0.2, 0) is 6.54 Å². The third-order valence-corrected chi connectivity index (χ3v) is 5.42. The Balaban J connectivity index is 1.81. The monoisotopic (exact) mass is 458 g/mol. The molecule has 0 aliphatic carbocycles. The van der Waals surface area contributed by atoms with Crippen LogP contribution in [-0.4, -0.2) is 20.3 Å². The molecule has 0 aliphatic rings. The summed E-state index contributed by atoms with van der Waals surface area (Å²) in [6.45, 7) is 3.51. The van der Waals surface area contributed by atoms with Crippen molar-refractivity contribution in [1.82, 2.24) is 19.7 Å². The maximum atomic E-state index is 13.3. The lowest BCUT2D eigenvalue weighted by Crippen LogP contribution is -2.46. The van der Waals surface area contributed by atoms with E-state index in [1.54, 1.807) is 25.1 Å². The standard InChI is InChI=1S/C26H23FN4O3/c1-17-7-6-10-22(15-17)31-26(34)30(16-19-11-13-21(27)14-12-19)25(33)23(29-31)24(32)28-18(2)20-8-4-3-5-9-20/h3-15,18H,16H2,1-2H3,(H,28,32). The molecule has 4 rings (SSSR count). The minimum atomic E-state index is -0.823. The van der Waals surface area contributed by atoms with Crippen LogP contribution in [0.1, 0.15) is 40.1 Å². The van der Waals surface area contributed by atoms with Crippen molar-refractivity contribution < 1.29 is 9.18 Å². The van der Waals surface area contributed by atoms with E-state index in [0.29, 0.717) is 11.3 Å². The van der Waals surface area contributed by atoms with Crippen molar-refractivity contribution >= 4 is 5.91 Å². The molecule has 172 valence electrons. The highest BCUT2D eigenvalue weighted by molar-refractivity contribution is 5.92. The van der Waals surface area contributed by atoms with Crippen LogP contribution in [0.15, 0.2) is 88.5 Å². The van der Waals surface area contributed by atoms with Crippen molar-refractivity contribution in [3.05, 3.63) is 128 Å². The van der Waals surface area contributed by atoms with E-state index < -0.39 is 28.7 Å². The van der Waals surface area contributed by atoms with E-state index in [0.717, 1.165) is 20.4 Å². The lowest BCUT2D eigenvalue weighted by atomic mass is 10.1. The van der Waals surface area contributed by atoms with Crippen molar-refractivity contribution in [3.63, 3.8) is 0 Å². The molecule has 1 aromatic heterocycles. The van der Waals surface area contributed by atoms with E-state index in [2.05, 4.69) is 10.4 Å². The smallest absolute Gasteiger partial charge is 0.344 e. The fourth-order valence-electron chi connectivity index (χ4n) is 3.59. The quantitative estimate of drug-likeness (QED) is 0.480. The highest BCUT2D eigenvalue weighted by atomic mass is 19.1. The number of carbonyl (C=O) groups excluding carboxylic acids is 1. The molecule has 0 fully saturated rings. The fraction of sp³-hybridized carbons (Fsp3) is 0.154. The number of nitrogens with zero attached hydrogens (tertiary/aromatic N) is 3. The molecule has 0 bridgehead atoms. The maximum absolute atomic E-state index is 13.3. The lowest BCUT2D eigenvalue weighted by molar-refractivity contribution is 0.0930. The number of aromatic nitrogens is 3. The third kappa shape index (κ3) is 4.85. The normalized spacial score (nSPS) is 11.7. The van der Waals surface area contributed by atoms with Crippen LogP contribution < -0.4 is 16.6 Å². The summed E-state index contributed by atoms with van der Waals surface area (Å²) in [6, 6.07) is 21.4. The van der Waals surface area contributed by atoms with Gasteiger partial charge in [0, 0.05) is 0 Å². The summed E-state index contributed by atoms with van der Waals surface area (Å²) in [5, 5.41) is 6.93. The average molecular weight is 458 g/mol. The Morgan fingerprint density at radius 1 is 1.00 bits per heavy atom. The van der Waals surface area contributed by atoms with Gasteiger partial charge in [0.05, 0.1) is 18.3 Å². The second-order valence-electron chi connectivity index (χ2n) is 8.01. The Kier molecular flexibility index (Phi) is 6.49. The number of amides is 1. The summed E-state index contributed by atoms with van der Waals surface area (Å²) in [7, 11) is 0. The van der Waals surface area contributed by atoms with E-state index in [1.165, 1.54) is 24.3 Å². The molecule has 1 unspecified atom stereocenters. The van der Waals surface area contributed by atoms with Gasteiger partial charge in [-0.2, -0.15) is 9.78 Å². The summed E-state index contributed by atoms with van der Waals surface area (Å²) in [4.78, 5) is 39.6. The predicted octanol–water partition coefficient (Wildman–Crippen LogP) is 3.38. The molecule has 34 heavy (non-hydrogen) atoms. The van der Waals surface area contributed by atoms with Crippen LogP contribution in [0.25, 0.3) is 5.69 Å². The zero-order valence-corrected chi connectivity index (χ0v) is 18.7. The molecule has 0 spiro atoms. The van der Waals surface area contributed by atoms with Crippen molar-refractivity contribution in [3.8, 4) is 5.69 Å². The van der Waals surface area contributed by atoms with Crippen LogP contribution in [0.3, 0.4) is 0 Å². The summed E-state index contributed by atoms with van der Waals surface area (Å²) in [6.07, 6.45) is 0. The molecule has 0 saturated heterocycles. The van der Waals surface area contributed by atoms with Gasteiger partial charge in [0.2, 0.25) is 5.69 Å². The second kappa shape index (κ2) is 9.66. The number of aryl methyl sites for hydroxylation is 1. The van der Waals surface area contributed by atoms with Gasteiger partial charge < -0.3 is 5.32 Å². The first-order valence-corrected chi connectivity index (χ1v) is 10.7. The zero-order chi connectivity index (χ0) is 24.2. The molecular formula is C26H23FN4O3. The molecule has 8 heteroatoms. The number of hydrogen-bond donors (Lipinski definition) is 1.